The fraction of sp³-hybridized carbons (Fsp3) is 0.714. The van der Waals surface area contributed by atoms with E-state index in [9.17, 15) is 8.42 Å². The summed E-state index contributed by atoms with van der Waals surface area (Å²) in [6, 6.07) is 6.82. The summed E-state index contributed by atoms with van der Waals surface area (Å²) in [7, 11) is -1.68. The number of hydrogen-bond donors (Lipinski definition) is 1. The number of ether oxygens (including phenoxy) is 1. The Labute approximate surface area is 174 Å². The maximum atomic E-state index is 13.5. The van der Waals surface area contributed by atoms with Gasteiger partial charge in [-0.15, -0.1) is 0 Å². The Morgan fingerprint density at radius 1 is 1.14 bits per heavy atom. The van der Waals surface area contributed by atoms with Gasteiger partial charge in [-0.05, 0) is 54.9 Å². The van der Waals surface area contributed by atoms with Crippen LogP contribution in [0, 0.1) is 5.92 Å². The fourth-order valence-electron chi connectivity index (χ4n) is 5.83. The van der Waals surface area contributed by atoms with Gasteiger partial charge in [-0.25, -0.2) is 0 Å². The summed E-state index contributed by atoms with van der Waals surface area (Å²) in [6.45, 7) is 5.37. The van der Waals surface area contributed by atoms with Crippen molar-refractivity contribution in [2.45, 2.75) is 37.8 Å². The second kappa shape index (κ2) is 7.81. The van der Waals surface area contributed by atoms with Crippen LogP contribution in [0.4, 0.5) is 0 Å². The molecule has 0 saturated carbocycles. The van der Waals surface area contributed by atoms with E-state index >= 15 is 0 Å². The molecule has 3 atom stereocenters. The van der Waals surface area contributed by atoms with Crippen LogP contribution < -0.4 is 10.1 Å². The van der Waals surface area contributed by atoms with Gasteiger partial charge < -0.3 is 10.1 Å². The van der Waals surface area contributed by atoms with E-state index < -0.39 is 10.2 Å². The van der Waals surface area contributed by atoms with Gasteiger partial charge in [0.05, 0.1) is 7.11 Å². The first-order valence-corrected chi connectivity index (χ1v) is 12.4. The van der Waals surface area contributed by atoms with E-state index in [0.717, 1.165) is 57.6 Å². The topological polar surface area (TPSA) is 65.1 Å². The molecule has 0 aliphatic carbocycles. The molecule has 3 fully saturated rings. The van der Waals surface area contributed by atoms with Crippen molar-refractivity contribution < 1.29 is 13.2 Å². The van der Waals surface area contributed by atoms with Crippen molar-refractivity contribution in [3.8, 4) is 5.75 Å². The van der Waals surface area contributed by atoms with E-state index in [2.05, 4.69) is 22.3 Å². The highest BCUT2D eigenvalue weighted by Crippen LogP contribution is 2.44. The lowest BCUT2D eigenvalue weighted by atomic mass is 9.77. The van der Waals surface area contributed by atoms with Gasteiger partial charge in [0, 0.05) is 57.9 Å². The number of nitrogens with one attached hydrogen (secondary N) is 1. The zero-order valence-electron chi connectivity index (χ0n) is 17.2. The summed E-state index contributed by atoms with van der Waals surface area (Å²) < 4.78 is 35.9. The van der Waals surface area contributed by atoms with E-state index in [1.807, 2.05) is 10.4 Å². The minimum Gasteiger partial charge on any atom is -0.497 e. The molecule has 4 heterocycles. The minimum absolute atomic E-state index is 0.109. The van der Waals surface area contributed by atoms with Crippen LogP contribution in [0.3, 0.4) is 0 Å². The number of piperazine rings is 1. The van der Waals surface area contributed by atoms with E-state index in [0.29, 0.717) is 31.6 Å². The summed E-state index contributed by atoms with van der Waals surface area (Å²) in [4.78, 5) is 2.59. The largest absolute Gasteiger partial charge is 0.497 e. The Morgan fingerprint density at radius 3 is 2.76 bits per heavy atom. The molecule has 1 N–H and O–H groups in total. The molecular weight excluding hydrogens is 388 g/mol. The predicted octanol–water partition coefficient (Wildman–Crippen LogP) is 1.23. The lowest BCUT2D eigenvalue weighted by Crippen LogP contribution is -2.61. The Kier molecular flexibility index (Phi) is 5.32. The van der Waals surface area contributed by atoms with E-state index in [4.69, 9.17) is 4.74 Å². The highest BCUT2D eigenvalue weighted by atomic mass is 32.2. The Hall–Kier alpha value is -1.19. The molecule has 0 spiro atoms. The second-order valence-electron chi connectivity index (χ2n) is 8.80. The fourth-order valence-corrected chi connectivity index (χ4v) is 7.73. The van der Waals surface area contributed by atoms with Crippen molar-refractivity contribution in [2.75, 3.05) is 52.9 Å². The summed E-state index contributed by atoms with van der Waals surface area (Å²) in [5, 5.41) is 3.26. The number of methoxy groups -OCH3 is 1. The molecule has 0 radical (unpaired) electrons. The number of rotatable bonds is 3. The summed E-state index contributed by atoms with van der Waals surface area (Å²) >= 11 is 0. The normalized spacial score (nSPS) is 31.6. The molecule has 8 heteroatoms. The molecular formula is C21H32N4O3S. The van der Waals surface area contributed by atoms with Crippen molar-refractivity contribution in [1.82, 2.24) is 18.8 Å². The molecule has 0 amide bonds. The van der Waals surface area contributed by atoms with Crippen molar-refractivity contribution >= 4 is 10.2 Å². The quantitative estimate of drug-likeness (QED) is 0.797. The number of hydrogen-bond acceptors (Lipinski definition) is 5. The van der Waals surface area contributed by atoms with E-state index in [-0.39, 0.29) is 6.04 Å². The van der Waals surface area contributed by atoms with Gasteiger partial charge in [0.25, 0.3) is 10.2 Å². The average Bonchev–Trinajstić information content (AvgIpc) is 2.77. The molecule has 4 aliphatic rings. The zero-order valence-corrected chi connectivity index (χ0v) is 18.0. The van der Waals surface area contributed by atoms with Gasteiger partial charge in [0.15, 0.2) is 0 Å². The maximum Gasteiger partial charge on any atom is 0.282 e. The van der Waals surface area contributed by atoms with Crippen LogP contribution in [-0.4, -0.2) is 80.9 Å². The lowest BCUT2D eigenvalue weighted by Gasteiger charge is -2.52. The van der Waals surface area contributed by atoms with Crippen molar-refractivity contribution in [3.63, 3.8) is 0 Å². The van der Waals surface area contributed by atoms with Crippen LogP contribution >= 0.6 is 0 Å². The van der Waals surface area contributed by atoms with Gasteiger partial charge in [-0.2, -0.15) is 17.0 Å². The van der Waals surface area contributed by atoms with Crippen LogP contribution in [0.5, 0.6) is 5.75 Å². The lowest BCUT2D eigenvalue weighted by molar-refractivity contribution is 0.0195. The molecule has 160 valence electrons. The number of piperidine rings is 2. The van der Waals surface area contributed by atoms with Crippen LogP contribution in [-0.2, 0) is 16.6 Å². The third-order valence-electron chi connectivity index (χ3n) is 7.32. The number of nitrogens with zero attached hydrogens (tertiary/aromatic N) is 3. The molecule has 0 unspecified atom stereocenters. The first-order valence-electron chi connectivity index (χ1n) is 11.0. The third-order valence-corrected chi connectivity index (χ3v) is 9.38. The first-order chi connectivity index (χ1) is 14.1. The molecule has 29 heavy (non-hydrogen) atoms. The SMILES string of the molecule is COc1ccc2c(c1)CCN1C[C@H]3CCCN(S(=O)(=O)N4CCNCC4)[C@H]3C[C@H]21. The van der Waals surface area contributed by atoms with Gasteiger partial charge >= 0.3 is 0 Å². The van der Waals surface area contributed by atoms with Crippen molar-refractivity contribution in [2.24, 2.45) is 5.92 Å². The van der Waals surface area contributed by atoms with E-state index in [1.165, 1.54) is 11.1 Å². The number of fused-ring (bicyclic) bond motifs is 4. The van der Waals surface area contributed by atoms with Crippen LogP contribution in [0.2, 0.25) is 0 Å². The molecule has 4 aliphatic heterocycles. The molecule has 1 aromatic carbocycles. The van der Waals surface area contributed by atoms with Gasteiger partial charge in [-0.3, -0.25) is 4.90 Å². The highest BCUT2D eigenvalue weighted by molar-refractivity contribution is 7.86. The van der Waals surface area contributed by atoms with Gasteiger partial charge in [0.2, 0.25) is 0 Å². The monoisotopic (exact) mass is 420 g/mol. The molecule has 0 aromatic heterocycles. The van der Waals surface area contributed by atoms with Gasteiger partial charge in [-0.1, -0.05) is 6.07 Å². The smallest absolute Gasteiger partial charge is 0.282 e. The Balaban J connectivity index is 1.43. The minimum atomic E-state index is -3.39. The van der Waals surface area contributed by atoms with E-state index in [1.54, 1.807) is 11.4 Å². The van der Waals surface area contributed by atoms with Crippen LogP contribution in [0.15, 0.2) is 18.2 Å². The maximum absolute atomic E-state index is 13.5. The van der Waals surface area contributed by atoms with Crippen LogP contribution in [0.1, 0.15) is 36.4 Å². The van der Waals surface area contributed by atoms with Crippen LogP contribution in [0.25, 0.3) is 0 Å². The average molecular weight is 421 g/mol. The molecule has 0 bridgehead atoms. The predicted molar refractivity (Wildman–Crippen MR) is 112 cm³/mol. The molecule has 5 rings (SSSR count). The Bertz CT molecular complexity index is 855. The zero-order chi connectivity index (χ0) is 20.0. The summed E-state index contributed by atoms with van der Waals surface area (Å²) in [5.74, 6) is 1.35. The van der Waals surface area contributed by atoms with Crippen molar-refractivity contribution in [3.05, 3.63) is 29.3 Å². The van der Waals surface area contributed by atoms with Gasteiger partial charge in [0.1, 0.15) is 5.75 Å². The summed E-state index contributed by atoms with van der Waals surface area (Å²) in [6.07, 6.45) is 4.05. The molecule has 7 nitrogen and oxygen atoms in total. The highest BCUT2D eigenvalue weighted by Gasteiger charge is 2.47. The molecule has 3 saturated heterocycles. The summed E-state index contributed by atoms with van der Waals surface area (Å²) in [5.41, 5.74) is 2.72. The molecule has 1 aromatic rings. The second-order valence-corrected chi connectivity index (χ2v) is 10.7. The van der Waals surface area contributed by atoms with Crippen molar-refractivity contribution in [1.29, 1.82) is 0 Å². The standard InChI is InChI=1S/C21H32N4O3S/c1-28-18-4-5-19-16(13-18)6-10-23-15-17-3-2-9-25(20(17)14-21(19)23)29(26,27)24-11-7-22-8-12-24/h4-5,13,17,20-22H,2-3,6-12,14-15H2,1H3/t17-,20+,21-/m1/s1. The number of benzene rings is 1. The third kappa shape index (κ3) is 3.49. The first kappa shape index (κ1) is 19.8. The Morgan fingerprint density at radius 2 is 1.97 bits per heavy atom.